The van der Waals surface area contributed by atoms with Crippen molar-refractivity contribution in [3.63, 3.8) is 0 Å². The van der Waals surface area contributed by atoms with E-state index in [0.29, 0.717) is 0 Å². The maximum Gasteiger partial charge on any atom is 0.314 e. The van der Waals surface area contributed by atoms with Crippen LogP contribution in [0.15, 0.2) is 42.5 Å². The fourth-order valence-corrected chi connectivity index (χ4v) is 1.70. The number of hydrogen-bond donors (Lipinski definition) is 2. The van der Waals surface area contributed by atoms with Gasteiger partial charge >= 0.3 is 11.8 Å². The second-order valence-electron chi connectivity index (χ2n) is 4.05. The first kappa shape index (κ1) is 14.9. The van der Waals surface area contributed by atoms with E-state index in [2.05, 4.69) is 10.6 Å². The van der Waals surface area contributed by atoms with E-state index >= 15 is 0 Å². The molecule has 2 aromatic rings. The first-order chi connectivity index (χ1) is 9.95. The van der Waals surface area contributed by atoms with Crippen molar-refractivity contribution in [2.45, 2.75) is 0 Å². The minimum atomic E-state index is -0.985. The Hall–Kier alpha value is -2.47. The summed E-state index contributed by atoms with van der Waals surface area (Å²) in [7, 11) is 0. The highest BCUT2D eigenvalue weighted by Gasteiger charge is 2.14. The molecule has 0 saturated carbocycles. The van der Waals surface area contributed by atoms with E-state index in [4.69, 9.17) is 11.6 Å². The molecule has 21 heavy (non-hydrogen) atoms. The van der Waals surface area contributed by atoms with Gasteiger partial charge in [0.1, 0.15) is 11.6 Å². The van der Waals surface area contributed by atoms with E-state index in [0.717, 1.165) is 12.1 Å². The number of halogens is 3. The fourth-order valence-electron chi connectivity index (χ4n) is 1.52. The van der Waals surface area contributed by atoms with Gasteiger partial charge in [-0.3, -0.25) is 9.59 Å². The number of carbonyl (C=O) groups is 2. The molecule has 0 heterocycles. The van der Waals surface area contributed by atoms with Crippen LogP contribution in [-0.2, 0) is 9.59 Å². The molecule has 0 aliphatic rings. The Balaban J connectivity index is 2.02. The normalized spacial score (nSPS) is 10.0. The summed E-state index contributed by atoms with van der Waals surface area (Å²) < 4.78 is 25.9. The fraction of sp³-hybridized carbons (Fsp3) is 0. The molecule has 7 heteroatoms. The van der Waals surface area contributed by atoms with E-state index < -0.39 is 23.4 Å². The molecule has 0 atom stereocenters. The maximum absolute atomic E-state index is 13.0. The molecule has 108 valence electrons. The quantitative estimate of drug-likeness (QED) is 0.837. The van der Waals surface area contributed by atoms with Crippen LogP contribution in [0, 0.1) is 11.6 Å². The van der Waals surface area contributed by atoms with E-state index in [-0.39, 0.29) is 16.4 Å². The Labute approximate surface area is 123 Å². The van der Waals surface area contributed by atoms with Gasteiger partial charge in [0.05, 0.1) is 5.02 Å². The topological polar surface area (TPSA) is 58.2 Å². The lowest BCUT2D eigenvalue weighted by atomic mass is 10.3. The number of amides is 2. The molecule has 0 aliphatic heterocycles. The predicted molar refractivity (Wildman–Crippen MR) is 75.1 cm³/mol. The zero-order chi connectivity index (χ0) is 15.4. The Morgan fingerprint density at radius 1 is 0.905 bits per heavy atom. The van der Waals surface area contributed by atoms with Gasteiger partial charge in [0.2, 0.25) is 0 Å². The summed E-state index contributed by atoms with van der Waals surface area (Å²) in [5.74, 6) is -3.15. The largest absolute Gasteiger partial charge is 0.318 e. The highest BCUT2D eigenvalue weighted by atomic mass is 35.5. The zero-order valence-electron chi connectivity index (χ0n) is 10.5. The summed E-state index contributed by atoms with van der Waals surface area (Å²) in [6.07, 6.45) is 0. The number of carbonyl (C=O) groups excluding carboxylic acids is 2. The molecule has 0 aliphatic carbocycles. The molecule has 0 bridgehead atoms. The van der Waals surface area contributed by atoms with Crippen LogP contribution in [0.2, 0.25) is 5.02 Å². The van der Waals surface area contributed by atoms with Crippen LogP contribution < -0.4 is 10.6 Å². The zero-order valence-corrected chi connectivity index (χ0v) is 11.2. The Morgan fingerprint density at radius 2 is 1.52 bits per heavy atom. The molecule has 2 aromatic carbocycles. The van der Waals surface area contributed by atoms with Crippen molar-refractivity contribution in [2.75, 3.05) is 10.6 Å². The number of nitrogens with one attached hydrogen (secondary N) is 2. The molecule has 0 unspecified atom stereocenters. The predicted octanol–water partition coefficient (Wildman–Crippen LogP) is 3.20. The van der Waals surface area contributed by atoms with Crippen LogP contribution in [0.3, 0.4) is 0 Å². The van der Waals surface area contributed by atoms with Gasteiger partial charge in [0, 0.05) is 11.4 Å². The average Bonchev–Trinajstić information content (AvgIpc) is 2.43. The van der Waals surface area contributed by atoms with Crippen LogP contribution in [-0.4, -0.2) is 11.8 Å². The van der Waals surface area contributed by atoms with Crippen molar-refractivity contribution in [2.24, 2.45) is 0 Å². The lowest BCUT2D eigenvalue weighted by molar-refractivity contribution is -0.133. The van der Waals surface area contributed by atoms with Crippen LogP contribution in [0.4, 0.5) is 20.2 Å². The monoisotopic (exact) mass is 310 g/mol. The second kappa shape index (κ2) is 6.32. The molecule has 0 radical (unpaired) electrons. The smallest absolute Gasteiger partial charge is 0.314 e. The van der Waals surface area contributed by atoms with Gasteiger partial charge in [0.15, 0.2) is 0 Å². The van der Waals surface area contributed by atoms with Crippen molar-refractivity contribution in [3.05, 3.63) is 59.1 Å². The van der Waals surface area contributed by atoms with E-state index in [1.807, 2.05) is 0 Å². The third-order valence-electron chi connectivity index (χ3n) is 2.47. The number of hydrogen-bond acceptors (Lipinski definition) is 2. The van der Waals surface area contributed by atoms with Crippen LogP contribution in [0.1, 0.15) is 0 Å². The molecule has 2 rings (SSSR count). The van der Waals surface area contributed by atoms with Gasteiger partial charge in [-0.1, -0.05) is 17.7 Å². The summed E-state index contributed by atoms with van der Waals surface area (Å²) in [5, 5.41) is 4.30. The van der Waals surface area contributed by atoms with Gasteiger partial charge in [-0.05, 0) is 36.4 Å². The molecule has 2 N–H and O–H groups in total. The minimum absolute atomic E-state index is 0.146. The average molecular weight is 311 g/mol. The highest BCUT2D eigenvalue weighted by Crippen LogP contribution is 2.19. The van der Waals surface area contributed by atoms with Gasteiger partial charge in [0.25, 0.3) is 0 Å². The summed E-state index contributed by atoms with van der Waals surface area (Å²) >= 11 is 5.56. The number of anilines is 2. The van der Waals surface area contributed by atoms with Crippen molar-refractivity contribution in [1.82, 2.24) is 0 Å². The van der Waals surface area contributed by atoms with E-state index in [1.165, 1.54) is 30.3 Å². The molecule has 0 fully saturated rings. The first-order valence-electron chi connectivity index (χ1n) is 5.78. The van der Waals surface area contributed by atoms with Crippen molar-refractivity contribution >= 4 is 34.8 Å². The second-order valence-corrected chi connectivity index (χ2v) is 4.45. The van der Waals surface area contributed by atoms with Crippen LogP contribution in [0.25, 0.3) is 0 Å². The van der Waals surface area contributed by atoms with Gasteiger partial charge in [-0.15, -0.1) is 0 Å². The van der Waals surface area contributed by atoms with E-state index in [9.17, 15) is 18.4 Å². The van der Waals surface area contributed by atoms with Crippen molar-refractivity contribution < 1.29 is 18.4 Å². The molecule has 0 saturated heterocycles. The molecule has 4 nitrogen and oxygen atoms in total. The SMILES string of the molecule is O=C(Nc1cccc(F)c1)C(=O)Nc1ccc(F)c(Cl)c1. The highest BCUT2D eigenvalue weighted by molar-refractivity contribution is 6.43. The number of rotatable bonds is 2. The molecule has 2 amide bonds. The Morgan fingerprint density at radius 3 is 2.10 bits per heavy atom. The van der Waals surface area contributed by atoms with Crippen molar-refractivity contribution in [3.8, 4) is 0 Å². The summed E-state index contributed by atoms with van der Waals surface area (Å²) in [5.41, 5.74) is 0.313. The maximum atomic E-state index is 13.0. The van der Waals surface area contributed by atoms with Crippen LogP contribution >= 0.6 is 11.6 Å². The lowest BCUT2D eigenvalue weighted by Gasteiger charge is -2.07. The summed E-state index contributed by atoms with van der Waals surface area (Å²) in [6, 6.07) is 8.59. The Bertz CT molecular complexity index is 707. The summed E-state index contributed by atoms with van der Waals surface area (Å²) in [4.78, 5) is 23.3. The molecule has 0 spiro atoms. The standard InChI is InChI=1S/C14H9ClF2N2O2/c15-11-7-10(4-5-12(11)17)19-14(21)13(20)18-9-3-1-2-8(16)6-9/h1-7H,(H,18,20)(H,19,21). The molecular formula is C14H9ClF2N2O2. The Kier molecular flexibility index (Phi) is 4.49. The summed E-state index contributed by atoms with van der Waals surface area (Å²) in [6.45, 7) is 0. The third-order valence-corrected chi connectivity index (χ3v) is 2.76. The molecular weight excluding hydrogens is 302 g/mol. The molecule has 0 aromatic heterocycles. The van der Waals surface area contributed by atoms with Gasteiger partial charge in [-0.25, -0.2) is 8.78 Å². The van der Waals surface area contributed by atoms with Crippen LogP contribution in [0.5, 0.6) is 0 Å². The third kappa shape index (κ3) is 4.00. The number of benzene rings is 2. The minimum Gasteiger partial charge on any atom is -0.318 e. The van der Waals surface area contributed by atoms with E-state index in [1.54, 1.807) is 0 Å². The first-order valence-corrected chi connectivity index (χ1v) is 6.16. The lowest BCUT2D eigenvalue weighted by Crippen LogP contribution is -2.29. The van der Waals surface area contributed by atoms with Gasteiger partial charge in [-0.2, -0.15) is 0 Å². The van der Waals surface area contributed by atoms with Crippen molar-refractivity contribution in [1.29, 1.82) is 0 Å². The van der Waals surface area contributed by atoms with Gasteiger partial charge < -0.3 is 10.6 Å².